The van der Waals surface area contributed by atoms with Gasteiger partial charge in [-0.2, -0.15) is 0 Å². The molecule has 0 aliphatic carbocycles. The molecule has 4 nitrogen and oxygen atoms in total. The summed E-state index contributed by atoms with van der Waals surface area (Å²) in [6.07, 6.45) is 6.61. The highest BCUT2D eigenvalue weighted by molar-refractivity contribution is 5.85. The van der Waals surface area contributed by atoms with Gasteiger partial charge in [0.25, 0.3) is 0 Å². The lowest BCUT2D eigenvalue weighted by molar-refractivity contribution is 0.174. The molecule has 1 aliphatic rings. The van der Waals surface area contributed by atoms with Crippen LogP contribution in [0, 0.1) is 0 Å². The van der Waals surface area contributed by atoms with Gasteiger partial charge in [0.15, 0.2) is 0 Å². The normalized spacial score (nSPS) is 16.3. The molecule has 0 saturated carbocycles. The Balaban J connectivity index is 1.16. The molecule has 2 aromatic carbocycles. The van der Waals surface area contributed by atoms with Crippen LogP contribution in [0.25, 0.3) is 21.8 Å². The summed E-state index contributed by atoms with van der Waals surface area (Å²) in [6, 6.07) is 16.9. The molecule has 0 amide bonds. The molecule has 0 spiro atoms. The number of rotatable bonds is 5. The van der Waals surface area contributed by atoms with Gasteiger partial charge in [-0.25, -0.2) is 0 Å². The molecule has 3 heterocycles. The predicted molar refractivity (Wildman–Crippen MR) is 111 cm³/mol. The van der Waals surface area contributed by atoms with Crippen LogP contribution in [0.4, 0.5) is 0 Å². The highest BCUT2D eigenvalue weighted by atomic mass is 16.5. The van der Waals surface area contributed by atoms with Gasteiger partial charge in [0.2, 0.25) is 0 Å². The molecule has 0 atom stereocenters. The number of benzene rings is 2. The lowest BCUT2D eigenvalue weighted by atomic mass is 9.89. The summed E-state index contributed by atoms with van der Waals surface area (Å²) < 4.78 is 6.07. The summed E-state index contributed by atoms with van der Waals surface area (Å²) in [5.74, 6) is 1.63. The molecule has 1 saturated heterocycles. The van der Waals surface area contributed by atoms with Crippen molar-refractivity contribution in [1.29, 1.82) is 0 Å². The number of ether oxygens (including phenoxy) is 1. The highest BCUT2D eigenvalue weighted by Gasteiger charge is 2.22. The van der Waals surface area contributed by atoms with Crippen LogP contribution in [0.5, 0.6) is 5.75 Å². The first kappa shape index (κ1) is 16.5. The monoisotopic (exact) mass is 359 g/mol. The number of fused-ring (bicyclic) bond motifs is 2. The zero-order valence-corrected chi connectivity index (χ0v) is 15.4. The van der Waals surface area contributed by atoms with Crippen molar-refractivity contribution in [1.82, 2.24) is 14.9 Å². The Morgan fingerprint density at radius 3 is 2.63 bits per heavy atom. The van der Waals surface area contributed by atoms with Crippen LogP contribution in [-0.4, -0.2) is 41.1 Å². The molecule has 0 radical (unpaired) electrons. The lowest BCUT2D eigenvalue weighted by Crippen LogP contribution is -2.35. The van der Waals surface area contributed by atoms with Crippen LogP contribution >= 0.6 is 0 Å². The van der Waals surface area contributed by atoms with Crippen LogP contribution in [-0.2, 0) is 0 Å². The quantitative estimate of drug-likeness (QED) is 0.532. The molecule has 2 N–H and O–H groups in total. The second-order valence-electron chi connectivity index (χ2n) is 7.45. The Morgan fingerprint density at radius 1 is 0.889 bits per heavy atom. The number of H-pyrrole nitrogens is 2. The Hall–Kier alpha value is -2.72. The Bertz CT molecular complexity index is 1040. The zero-order valence-electron chi connectivity index (χ0n) is 15.4. The van der Waals surface area contributed by atoms with Crippen LogP contribution < -0.4 is 4.74 Å². The van der Waals surface area contributed by atoms with E-state index in [0.717, 1.165) is 42.9 Å². The fourth-order valence-electron chi connectivity index (χ4n) is 4.37. The summed E-state index contributed by atoms with van der Waals surface area (Å²) in [6.45, 7) is 4.01. The first-order valence-corrected chi connectivity index (χ1v) is 9.86. The number of hydrogen-bond acceptors (Lipinski definition) is 2. The zero-order chi connectivity index (χ0) is 18.1. The van der Waals surface area contributed by atoms with E-state index in [1.807, 2.05) is 12.3 Å². The van der Waals surface area contributed by atoms with Gasteiger partial charge in [0.05, 0.1) is 0 Å². The summed E-state index contributed by atoms with van der Waals surface area (Å²) in [5.41, 5.74) is 3.87. The molecule has 5 rings (SSSR count). The first-order valence-electron chi connectivity index (χ1n) is 9.86. The summed E-state index contributed by atoms with van der Waals surface area (Å²) in [7, 11) is 0. The number of para-hydroxylation sites is 1. The number of aromatic amines is 2. The summed E-state index contributed by atoms with van der Waals surface area (Å²) in [4.78, 5) is 9.19. The number of piperidine rings is 1. The molecule has 0 unspecified atom stereocenters. The topological polar surface area (TPSA) is 44.0 Å². The van der Waals surface area contributed by atoms with E-state index in [1.54, 1.807) is 0 Å². The van der Waals surface area contributed by atoms with Crippen molar-refractivity contribution < 1.29 is 4.74 Å². The molecule has 4 aromatic rings. The predicted octanol–water partition coefficient (Wildman–Crippen LogP) is 4.91. The molecule has 27 heavy (non-hydrogen) atoms. The maximum Gasteiger partial charge on any atom is 0.128 e. The standard InChI is InChI=1S/C23H25N3O/c1-2-5-21-18(4-1)20(16-25-21)17-9-12-26(13-10-17)14-15-27-23-7-3-6-22-19(23)8-11-24-22/h1-8,11,16-17,24-25H,9-10,12-15H2. The van der Waals surface area contributed by atoms with Crippen molar-refractivity contribution in [3.05, 3.63) is 66.5 Å². The van der Waals surface area contributed by atoms with Crippen LogP contribution in [0.2, 0.25) is 0 Å². The second-order valence-corrected chi connectivity index (χ2v) is 7.45. The van der Waals surface area contributed by atoms with Crippen molar-refractivity contribution in [2.45, 2.75) is 18.8 Å². The summed E-state index contributed by atoms with van der Waals surface area (Å²) in [5, 5.41) is 2.55. The van der Waals surface area contributed by atoms with E-state index in [0.29, 0.717) is 5.92 Å². The molecule has 2 aromatic heterocycles. The van der Waals surface area contributed by atoms with Gasteiger partial charge in [-0.3, -0.25) is 4.90 Å². The fourth-order valence-corrected chi connectivity index (χ4v) is 4.37. The summed E-state index contributed by atoms with van der Waals surface area (Å²) >= 11 is 0. The lowest BCUT2D eigenvalue weighted by Gasteiger charge is -2.31. The van der Waals surface area contributed by atoms with E-state index in [9.17, 15) is 0 Å². The third-order valence-electron chi connectivity index (χ3n) is 5.87. The Labute approximate surface area is 159 Å². The van der Waals surface area contributed by atoms with Gasteiger partial charge in [-0.1, -0.05) is 24.3 Å². The van der Waals surface area contributed by atoms with E-state index in [-0.39, 0.29) is 0 Å². The Kier molecular flexibility index (Phi) is 4.34. The SMILES string of the molecule is c1cc(OCCN2CCC(c3c[nH]c4ccccc34)CC2)c2cc[nH]c2c1. The van der Waals surface area contributed by atoms with Crippen LogP contribution in [0.3, 0.4) is 0 Å². The number of nitrogens with one attached hydrogen (secondary N) is 2. The van der Waals surface area contributed by atoms with E-state index < -0.39 is 0 Å². The molecule has 138 valence electrons. The molecule has 1 fully saturated rings. The number of likely N-dealkylation sites (tertiary alicyclic amines) is 1. The van der Waals surface area contributed by atoms with E-state index in [4.69, 9.17) is 4.74 Å². The van der Waals surface area contributed by atoms with Gasteiger partial charge >= 0.3 is 0 Å². The van der Waals surface area contributed by atoms with Gasteiger partial charge in [-0.05, 0) is 61.7 Å². The molecule has 0 bridgehead atoms. The number of nitrogens with zero attached hydrogens (tertiary/aromatic N) is 1. The van der Waals surface area contributed by atoms with E-state index in [2.05, 4.69) is 63.5 Å². The highest BCUT2D eigenvalue weighted by Crippen LogP contribution is 2.33. The molecule has 1 aliphatic heterocycles. The van der Waals surface area contributed by atoms with Crippen molar-refractivity contribution >= 4 is 21.8 Å². The van der Waals surface area contributed by atoms with Gasteiger partial charge < -0.3 is 14.7 Å². The minimum atomic E-state index is 0.659. The Morgan fingerprint density at radius 2 is 1.70 bits per heavy atom. The minimum Gasteiger partial charge on any atom is -0.492 e. The van der Waals surface area contributed by atoms with E-state index >= 15 is 0 Å². The van der Waals surface area contributed by atoms with Gasteiger partial charge in [0.1, 0.15) is 12.4 Å². The molecular formula is C23H25N3O. The number of aromatic nitrogens is 2. The van der Waals surface area contributed by atoms with Crippen LogP contribution in [0.1, 0.15) is 24.3 Å². The number of hydrogen-bond donors (Lipinski definition) is 2. The average Bonchev–Trinajstić information content (AvgIpc) is 3.36. The molecule has 4 heteroatoms. The minimum absolute atomic E-state index is 0.659. The largest absolute Gasteiger partial charge is 0.492 e. The van der Waals surface area contributed by atoms with Gasteiger partial charge in [-0.15, -0.1) is 0 Å². The van der Waals surface area contributed by atoms with Crippen molar-refractivity contribution in [2.75, 3.05) is 26.2 Å². The maximum atomic E-state index is 6.07. The van der Waals surface area contributed by atoms with Crippen LogP contribution in [0.15, 0.2) is 60.9 Å². The third kappa shape index (κ3) is 3.21. The first-order chi connectivity index (χ1) is 13.4. The van der Waals surface area contributed by atoms with Crippen molar-refractivity contribution in [3.8, 4) is 5.75 Å². The second kappa shape index (κ2) is 7.12. The average molecular weight is 359 g/mol. The smallest absolute Gasteiger partial charge is 0.128 e. The van der Waals surface area contributed by atoms with Crippen molar-refractivity contribution in [3.63, 3.8) is 0 Å². The molecular weight excluding hydrogens is 334 g/mol. The van der Waals surface area contributed by atoms with E-state index in [1.165, 1.54) is 29.3 Å². The maximum absolute atomic E-state index is 6.07. The van der Waals surface area contributed by atoms with Crippen molar-refractivity contribution in [2.24, 2.45) is 0 Å². The van der Waals surface area contributed by atoms with Gasteiger partial charge in [0, 0.05) is 40.7 Å². The fraction of sp³-hybridized carbons (Fsp3) is 0.304. The third-order valence-corrected chi connectivity index (χ3v) is 5.87.